The average Bonchev–Trinajstić information content (AvgIpc) is 2.37. The molecular formula is C8H12S2. The molecule has 0 aliphatic heterocycles. The maximum atomic E-state index is 2.24. The van der Waals surface area contributed by atoms with E-state index in [-0.39, 0.29) is 0 Å². The summed E-state index contributed by atoms with van der Waals surface area (Å²) in [5, 5.41) is 0. The molecule has 2 heteroatoms. The van der Waals surface area contributed by atoms with Crippen molar-refractivity contribution in [1.29, 1.82) is 0 Å². The second-order valence-corrected chi connectivity index (χ2v) is 4.27. The maximum absolute atomic E-state index is 2.24. The number of thioether (sulfide) groups is 1. The van der Waals surface area contributed by atoms with Crippen molar-refractivity contribution in [3.8, 4) is 0 Å². The lowest BCUT2D eigenvalue weighted by molar-refractivity contribution is 1.19. The summed E-state index contributed by atoms with van der Waals surface area (Å²) in [7, 11) is 0. The van der Waals surface area contributed by atoms with Gasteiger partial charge >= 0.3 is 0 Å². The second kappa shape index (κ2) is 4.04. The van der Waals surface area contributed by atoms with Gasteiger partial charge in [0.2, 0.25) is 0 Å². The van der Waals surface area contributed by atoms with Crippen molar-refractivity contribution in [3.05, 3.63) is 21.9 Å². The molecule has 1 aromatic rings. The minimum absolute atomic E-state index is 1.17. The van der Waals surface area contributed by atoms with Crippen LogP contribution in [0.4, 0.5) is 0 Å². The fourth-order valence-corrected chi connectivity index (χ4v) is 2.56. The summed E-state index contributed by atoms with van der Waals surface area (Å²) in [5.74, 6) is 1.17. The first-order valence-corrected chi connectivity index (χ1v) is 5.64. The summed E-state index contributed by atoms with van der Waals surface area (Å²) < 4.78 is 0. The number of hydrogen-bond acceptors (Lipinski definition) is 2. The third-order valence-corrected chi connectivity index (χ3v) is 3.36. The summed E-state index contributed by atoms with van der Waals surface area (Å²) in [4.78, 5) is 3.01. The van der Waals surface area contributed by atoms with Crippen LogP contribution in [0.3, 0.4) is 0 Å². The fourth-order valence-electron chi connectivity index (χ4n) is 0.832. The van der Waals surface area contributed by atoms with E-state index in [4.69, 9.17) is 0 Å². The van der Waals surface area contributed by atoms with E-state index in [0.717, 1.165) is 0 Å². The van der Waals surface area contributed by atoms with Crippen LogP contribution in [0.25, 0.3) is 0 Å². The van der Waals surface area contributed by atoms with Crippen molar-refractivity contribution in [3.63, 3.8) is 0 Å². The Hall–Kier alpha value is 0.0500. The lowest BCUT2D eigenvalue weighted by atomic mass is 10.4. The molecule has 0 N–H and O–H groups in total. The zero-order chi connectivity index (χ0) is 7.40. The minimum Gasteiger partial charge on any atom is -0.160 e. The number of rotatable bonds is 3. The molecule has 1 aromatic heterocycles. The number of thiophene rings is 1. The topological polar surface area (TPSA) is 0 Å². The molecule has 0 nitrogen and oxygen atoms in total. The van der Waals surface area contributed by atoms with Crippen LogP contribution in [0.5, 0.6) is 0 Å². The van der Waals surface area contributed by atoms with E-state index >= 15 is 0 Å². The third-order valence-electron chi connectivity index (χ3n) is 1.35. The zero-order valence-corrected chi connectivity index (χ0v) is 8.02. The van der Waals surface area contributed by atoms with Gasteiger partial charge in [-0.3, -0.25) is 0 Å². The van der Waals surface area contributed by atoms with Crippen molar-refractivity contribution >= 4 is 23.1 Å². The molecule has 0 spiro atoms. The van der Waals surface area contributed by atoms with Crippen LogP contribution in [0.1, 0.15) is 16.7 Å². The highest BCUT2D eigenvalue weighted by atomic mass is 32.2. The van der Waals surface area contributed by atoms with Crippen molar-refractivity contribution in [2.75, 3.05) is 6.26 Å². The second-order valence-electron chi connectivity index (χ2n) is 2.15. The molecule has 0 fully saturated rings. The van der Waals surface area contributed by atoms with Gasteiger partial charge in [0.05, 0.1) is 0 Å². The van der Waals surface area contributed by atoms with Crippen LogP contribution < -0.4 is 0 Å². The Morgan fingerprint density at radius 2 is 2.10 bits per heavy atom. The third kappa shape index (κ3) is 2.03. The smallest absolute Gasteiger partial charge is 0.0276 e. The van der Waals surface area contributed by atoms with Crippen molar-refractivity contribution in [1.82, 2.24) is 0 Å². The van der Waals surface area contributed by atoms with Gasteiger partial charge in [-0.15, -0.1) is 11.3 Å². The molecule has 56 valence electrons. The van der Waals surface area contributed by atoms with Crippen LogP contribution in [-0.2, 0) is 12.2 Å². The first kappa shape index (κ1) is 8.15. The van der Waals surface area contributed by atoms with E-state index in [1.54, 1.807) is 0 Å². The standard InChI is InChI=1S/C8H12S2/c1-3-7-4-5-8(10-7)6-9-2/h4-5H,3,6H2,1-2H3. The number of aryl methyl sites for hydroxylation is 1. The summed E-state index contributed by atoms with van der Waals surface area (Å²) in [6.07, 6.45) is 3.32. The minimum atomic E-state index is 1.17. The molecule has 0 aromatic carbocycles. The van der Waals surface area contributed by atoms with Gasteiger partial charge in [0.25, 0.3) is 0 Å². The molecule has 0 radical (unpaired) electrons. The van der Waals surface area contributed by atoms with Gasteiger partial charge in [-0.05, 0) is 24.8 Å². The van der Waals surface area contributed by atoms with E-state index in [1.165, 1.54) is 21.9 Å². The Bertz CT molecular complexity index is 191. The van der Waals surface area contributed by atoms with Gasteiger partial charge in [-0.1, -0.05) is 6.92 Å². The van der Waals surface area contributed by atoms with Crippen LogP contribution >= 0.6 is 23.1 Å². The quantitative estimate of drug-likeness (QED) is 0.675. The largest absolute Gasteiger partial charge is 0.160 e. The van der Waals surface area contributed by atoms with Gasteiger partial charge in [-0.25, -0.2) is 0 Å². The molecule has 1 rings (SSSR count). The van der Waals surface area contributed by atoms with E-state index < -0.39 is 0 Å². The molecule has 0 aliphatic carbocycles. The van der Waals surface area contributed by atoms with E-state index in [1.807, 2.05) is 23.1 Å². The van der Waals surface area contributed by atoms with Gasteiger partial charge in [0, 0.05) is 15.5 Å². The lowest BCUT2D eigenvalue weighted by Gasteiger charge is -1.88. The van der Waals surface area contributed by atoms with Crippen LogP contribution in [-0.4, -0.2) is 6.26 Å². The van der Waals surface area contributed by atoms with Gasteiger partial charge < -0.3 is 0 Å². The molecule has 0 saturated carbocycles. The van der Waals surface area contributed by atoms with Crippen LogP contribution in [0.15, 0.2) is 12.1 Å². The van der Waals surface area contributed by atoms with Crippen molar-refractivity contribution in [2.45, 2.75) is 19.1 Å². The summed E-state index contributed by atoms with van der Waals surface area (Å²) in [6.45, 7) is 2.20. The highest BCUT2D eigenvalue weighted by molar-refractivity contribution is 7.97. The fraction of sp³-hybridized carbons (Fsp3) is 0.500. The Labute approximate surface area is 70.7 Å². The van der Waals surface area contributed by atoms with Crippen LogP contribution in [0, 0.1) is 0 Å². The predicted molar refractivity (Wildman–Crippen MR) is 50.9 cm³/mol. The van der Waals surface area contributed by atoms with E-state index in [9.17, 15) is 0 Å². The first-order chi connectivity index (χ1) is 4.86. The monoisotopic (exact) mass is 172 g/mol. The molecule has 0 unspecified atom stereocenters. The molecular weight excluding hydrogens is 160 g/mol. The van der Waals surface area contributed by atoms with E-state index in [0.29, 0.717) is 0 Å². The summed E-state index contributed by atoms with van der Waals surface area (Å²) >= 11 is 3.83. The van der Waals surface area contributed by atoms with Gasteiger partial charge in [0.15, 0.2) is 0 Å². The average molecular weight is 172 g/mol. The predicted octanol–water partition coefficient (Wildman–Crippen LogP) is 3.17. The molecule has 0 aliphatic rings. The SMILES string of the molecule is CCc1ccc(CSC)s1. The Morgan fingerprint density at radius 3 is 2.60 bits per heavy atom. The molecule has 1 heterocycles. The Morgan fingerprint density at radius 1 is 1.40 bits per heavy atom. The lowest BCUT2D eigenvalue weighted by Crippen LogP contribution is -1.67. The van der Waals surface area contributed by atoms with Crippen molar-refractivity contribution < 1.29 is 0 Å². The van der Waals surface area contributed by atoms with E-state index in [2.05, 4.69) is 25.3 Å². The highest BCUT2D eigenvalue weighted by Gasteiger charge is 1.95. The van der Waals surface area contributed by atoms with Gasteiger partial charge in [-0.2, -0.15) is 11.8 Å². The number of hydrogen-bond donors (Lipinski definition) is 0. The van der Waals surface area contributed by atoms with Crippen molar-refractivity contribution in [2.24, 2.45) is 0 Å². The zero-order valence-electron chi connectivity index (χ0n) is 6.39. The molecule has 0 amide bonds. The maximum Gasteiger partial charge on any atom is 0.0276 e. The molecule has 0 saturated heterocycles. The molecule has 0 bridgehead atoms. The Balaban J connectivity index is 2.59. The summed E-state index contributed by atoms with van der Waals surface area (Å²) in [6, 6.07) is 4.47. The Kier molecular flexibility index (Phi) is 3.29. The normalized spacial score (nSPS) is 10.2. The molecule has 0 atom stereocenters. The van der Waals surface area contributed by atoms with Crippen LogP contribution in [0.2, 0.25) is 0 Å². The molecule has 10 heavy (non-hydrogen) atoms. The summed E-state index contributed by atoms with van der Waals surface area (Å²) in [5.41, 5.74) is 0. The highest BCUT2D eigenvalue weighted by Crippen LogP contribution is 2.20. The first-order valence-electron chi connectivity index (χ1n) is 3.43. The van der Waals surface area contributed by atoms with Gasteiger partial charge in [0.1, 0.15) is 0 Å².